The molecule has 0 aliphatic rings. The zero-order valence-corrected chi connectivity index (χ0v) is 11.2. The van der Waals surface area contributed by atoms with Crippen LogP contribution in [0, 0.1) is 19.7 Å². The van der Waals surface area contributed by atoms with Crippen molar-refractivity contribution in [2.45, 2.75) is 20.4 Å². The van der Waals surface area contributed by atoms with Gasteiger partial charge in [-0.1, -0.05) is 35.4 Å². The number of halogens is 2. The lowest BCUT2D eigenvalue weighted by atomic mass is 10.1. The molecule has 0 radical (unpaired) electrons. The van der Waals surface area contributed by atoms with Crippen LogP contribution in [0.5, 0.6) is 0 Å². The van der Waals surface area contributed by atoms with E-state index in [0.29, 0.717) is 6.54 Å². The van der Waals surface area contributed by atoms with E-state index >= 15 is 0 Å². The van der Waals surface area contributed by atoms with Gasteiger partial charge < -0.3 is 5.32 Å². The predicted octanol–water partition coefficient (Wildman–Crippen LogP) is 4.71. The summed E-state index contributed by atoms with van der Waals surface area (Å²) in [7, 11) is 0. The Morgan fingerprint density at radius 2 is 1.89 bits per heavy atom. The molecule has 0 heterocycles. The molecule has 0 amide bonds. The molecule has 0 saturated heterocycles. The van der Waals surface area contributed by atoms with Crippen LogP contribution in [0.15, 0.2) is 36.4 Å². The van der Waals surface area contributed by atoms with Gasteiger partial charge in [-0.3, -0.25) is 0 Å². The fraction of sp³-hybridized carbons (Fsp3) is 0.200. The van der Waals surface area contributed by atoms with Gasteiger partial charge in [-0.05, 0) is 43.2 Å². The third kappa shape index (κ3) is 3.02. The van der Waals surface area contributed by atoms with Crippen LogP contribution < -0.4 is 5.32 Å². The number of aryl methyl sites for hydroxylation is 2. The number of hydrogen-bond donors (Lipinski definition) is 1. The molecular weight excluding hydrogens is 249 g/mol. The molecule has 0 aromatic heterocycles. The summed E-state index contributed by atoms with van der Waals surface area (Å²) in [6.45, 7) is 4.70. The van der Waals surface area contributed by atoms with Crippen molar-refractivity contribution in [2.75, 3.05) is 5.32 Å². The van der Waals surface area contributed by atoms with Gasteiger partial charge in [0.1, 0.15) is 5.82 Å². The van der Waals surface area contributed by atoms with Crippen molar-refractivity contribution in [1.82, 2.24) is 0 Å². The molecule has 0 bridgehead atoms. The molecule has 1 nitrogen and oxygen atoms in total. The van der Waals surface area contributed by atoms with Gasteiger partial charge in [0.15, 0.2) is 0 Å². The van der Waals surface area contributed by atoms with Crippen molar-refractivity contribution >= 4 is 17.3 Å². The van der Waals surface area contributed by atoms with E-state index in [2.05, 4.69) is 31.3 Å². The molecule has 2 aromatic rings. The van der Waals surface area contributed by atoms with Gasteiger partial charge in [-0.25, -0.2) is 4.39 Å². The van der Waals surface area contributed by atoms with Crippen molar-refractivity contribution in [3.05, 3.63) is 63.9 Å². The lowest BCUT2D eigenvalue weighted by Gasteiger charge is -2.10. The van der Waals surface area contributed by atoms with Crippen LogP contribution in [-0.2, 0) is 6.54 Å². The van der Waals surface area contributed by atoms with E-state index in [-0.39, 0.29) is 10.8 Å². The first-order valence-corrected chi connectivity index (χ1v) is 6.19. The monoisotopic (exact) mass is 263 g/mol. The molecule has 0 atom stereocenters. The van der Waals surface area contributed by atoms with Gasteiger partial charge in [0.25, 0.3) is 0 Å². The van der Waals surface area contributed by atoms with Crippen LogP contribution >= 0.6 is 11.6 Å². The van der Waals surface area contributed by atoms with E-state index in [4.69, 9.17) is 11.6 Å². The summed E-state index contributed by atoms with van der Waals surface area (Å²) < 4.78 is 13.3. The van der Waals surface area contributed by atoms with E-state index in [1.807, 2.05) is 12.1 Å². The van der Waals surface area contributed by atoms with E-state index in [0.717, 1.165) is 11.3 Å². The average molecular weight is 264 g/mol. The molecule has 94 valence electrons. The highest BCUT2D eigenvalue weighted by Crippen LogP contribution is 2.19. The largest absolute Gasteiger partial charge is 0.381 e. The summed E-state index contributed by atoms with van der Waals surface area (Å²) in [4.78, 5) is 0. The Kier molecular flexibility index (Phi) is 3.87. The molecule has 3 heteroatoms. The van der Waals surface area contributed by atoms with Crippen molar-refractivity contribution in [3.63, 3.8) is 0 Å². The molecule has 0 aliphatic carbocycles. The lowest BCUT2D eigenvalue weighted by molar-refractivity contribution is 0.626. The second-order valence-corrected chi connectivity index (χ2v) is 4.83. The summed E-state index contributed by atoms with van der Waals surface area (Å²) in [6, 6.07) is 11.1. The van der Waals surface area contributed by atoms with Crippen LogP contribution in [0.25, 0.3) is 0 Å². The van der Waals surface area contributed by atoms with Crippen LogP contribution in [0.2, 0.25) is 5.02 Å². The highest BCUT2D eigenvalue weighted by Gasteiger charge is 2.02. The molecule has 1 N–H and O–H groups in total. The molecule has 2 aromatic carbocycles. The molecular formula is C15H15ClFN. The quantitative estimate of drug-likeness (QED) is 0.846. The van der Waals surface area contributed by atoms with Gasteiger partial charge in [0.05, 0.1) is 5.02 Å². The first kappa shape index (κ1) is 12.9. The van der Waals surface area contributed by atoms with E-state index in [9.17, 15) is 4.39 Å². The van der Waals surface area contributed by atoms with Crippen molar-refractivity contribution < 1.29 is 4.39 Å². The van der Waals surface area contributed by atoms with Gasteiger partial charge >= 0.3 is 0 Å². The Labute approximate surface area is 112 Å². The van der Waals surface area contributed by atoms with Crippen LogP contribution in [0.4, 0.5) is 10.1 Å². The summed E-state index contributed by atoms with van der Waals surface area (Å²) in [5.74, 6) is -0.378. The Morgan fingerprint density at radius 3 is 2.56 bits per heavy atom. The average Bonchev–Trinajstić information content (AvgIpc) is 2.32. The van der Waals surface area contributed by atoms with E-state index in [1.165, 1.54) is 17.2 Å². The standard InChI is InChI=1S/C15H15ClFN/c1-10-3-6-15(11(2)7-10)18-9-12-4-5-13(16)14(17)8-12/h3-8,18H,9H2,1-2H3. The smallest absolute Gasteiger partial charge is 0.142 e. The molecule has 0 spiro atoms. The summed E-state index contributed by atoms with van der Waals surface area (Å²) in [5.41, 5.74) is 4.35. The zero-order chi connectivity index (χ0) is 13.1. The van der Waals surface area contributed by atoms with Gasteiger partial charge in [0.2, 0.25) is 0 Å². The topological polar surface area (TPSA) is 12.0 Å². The minimum Gasteiger partial charge on any atom is -0.381 e. The zero-order valence-electron chi connectivity index (χ0n) is 10.4. The van der Waals surface area contributed by atoms with Gasteiger partial charge in [0, 0.05) is 12.2 Å². The number of hydrogen-bond acceptors (Lipinski definition) is 1. The second-order valence-electron chi connectivity index (χ2n) is 4.42. The minimum atomic E-state index is -0.378. The van der Waals surface area contributed by atoms with E-state index < -0.39 is 0 Å². The highest BCUT2D eigenvalue weighted by atomic mass is 35.5. The third-order valence-electron chi connectivity index (χ3n) is 2.85. The Bertz CT molecular complexity index is 566. The Morgan fingerprint density at radius 1 is 1.11 bits per heavy atom. The minimum absolute atomic E-state index is 0.158. The van der Waals surface area contributed by atoms with Crippen LogP contribution in [-0.4, -0.2) is 0 Å². The fourth-order valence-corrected chi connectivity index (χ4v) is 1.98. The molecule has 0 unspecified atom stereocenters. The van der Waals surface area contributed by atoms with Crippen molar-refractivity contribution in [2.24, 2.45) is 0 Å². The maximum Gasteiger partial charge on any atom is 0.142 e. The molecule has 2 rings (SSSR count). The lowest BCUT2D eigenvalue weighted by Crippen LogP contribution is -2.01. The molecule has 18 heavy (non-hydrogen) atoms. The van der Waals surface area contributed by atoms with Crippen molar-refractivity contribution in [3.8, 4) is 0 Å². The second kappa shape index (κ2) is 5.40. The maximum atomic E-state index is 13.3. The maximum absolute atomic E-state index is 13.3. The summed E-state index contributed by atoms with van der Waals surface area (Å²) in [5, 5.41) is 3.45. The molecule has 0 saturated carbocycles. The van der Waals surface area contributed by atoms with Gasteiger partial charge in [-0.15, -0.1) is 0 Å². The normalized spacial score (nSPS) is 10.4. The van der Waals surface area contributed by atoms with Crippen molar-refractivity contribution in [1.29, 1.82) is 0 Å². The SMILES string of the molecule is Cc1ccc(NCc2ccc(Cl)c(F)c2)c(C)c1. The number of nitrogens with one attached hydrogen (secondary N) is 1. The first-order chi connectivity index (χ1) is 8.56. The van der Waals surface area contributed by atoms with E-state index in [1.54, 1.807) is 6.07 Å². The predicted molar refractivity (Wildman–Crippen MR) is 74.7 cm³/mol. The third-order valence-corrected chi connectivity index (χ3v) is 3.16. The number of rotatable bonds is 3. The van der Waals surface area contributed by atoms with Crippen LogP contribution in [0.3, 0.4) is 0 Å². The molecule has 0 aliphatic heterocycles. The summed E-state index contributed by atoms with van der Waals surface area (Å²) in [6.07, 6.45) is 0. The number of anilines is 1. The number of benzene rings is 2. The van der Waals surface area contributed by atoms with Gasteiger partial charge in [-0.2, -0.15) is 0 Å². The van der Waals surface area contributed by atoms with Crippen LogP contribution in [0.1, 0.15) is 16.7 Å². The first-order valence-electron chi connectivity index (χ1n) is 5.81. The fourth-order valence-electron chi connectivity index (χ4n) is 1.86. The molecule has 0 fully saturated rings. The Balaban J connectivity index is 2.09. The highest BCUT2D eigenvalue weighted by molar-refractivity contribution is 6.30. The Hall–Kier alpha value is -1.54. The summed E-state index contributed by atoms with van der Waals surface area (Å²) >= 11 is 5.65.